The summed E-state index contributed by atoms with van der Waals surface area (Å²) in [5.74, 6) is -0.267. The zero-order valence-electron chi connectivity index (χ0n) is 12.9. The van der Waals surface area contributed by atoms with Crippen molar-refractivity contribution in [1.82, 2.24) is 4.90 Å². The lowest BCUT2D eigenvalue weighted by atomic mass is 10.0. The van der Waals surface area contributed by atoms with Gasteiger partial charge < -0.3 is 9.64 Å². The lowest BCUT2D eigenvalue weighted by molar-refractivity contribution is 0.0482. The molecule has 3 heteroatoms. The summed E-state index contributed by atoms with van der Waals surface area (Å²) >= 11 is 0. The highest BCUT2D eigenvalue weighted by Gasteiger charge is 2.08. The number of likely N-dealkylation sites (N-methyl/N-ethyl adjacent to an activating group) is 1. The summed E-state index contributed by atoms with van der Waals surface area (Å²) in [4.78, 5) is 14.1. The summed E-state index contributed by atoms with van der Waals surface area (Å²) < 4.78 is 5.29. The van der Waals surface area contributed by atoms with Gasteiger partial charge in [-0.05, 0) is 59.9 Å². The molecule has 0 heterocycles. The van der Waals surface area contributed by atoms with Gasteiger partial charge in [-0.15, -0.1) is 0 Å². The largest absolute Gasteiger partial charge is 0.461 e. The van der Waals surface area contributed by atoms with Gasteiger partial charge in [0.25, 0.3) is 0 Å². The third-order valence-electron chi connectivity index (χ3n) is 3.71. The van der Waals surface area contributed by atoms with Gasteiger partial charge in [0.15, 0.2) is 0 Å². The summed E-state index contributed by atoms with van der Waals surface area (Å²) in [6, 6.07) is 18.2. The van der Waals surface area contributed by atoms with Crippen LogP contribution in [0.2, 0.25) is 0 Å². The van der Waals surface area contributed by atoms with Gasteiger partial charge in [-0.25, -0.2) is 4.79 Å². The van der Waals surface area contributed by atoms with Crippen molar-refractivity contribution in [2.75, 3.05) is 27.2 Å². The van der Waals surface area contributed by atoms with E-state index < -0.39 is 0 Å². The van der Waals surface area contributed by atoms with E-state index in [1.165, 1.54) is 10.8 Å². The van der Waals surface area contributed by atoms with Crippen LogP contribution in [0.4, 0.5) is 0 Å². The standard InChI is InChI=1S/C19H19NO2/c1-20(2)9-10-22-19(21)17-8-7-16-11-14-5-3-4-6-15(14)12-18(16)13-17/h3-8,11-13H,9-10H2,1-2H3. The lowest BCUT2D eigenvalue weighted by Gasteiger charge is -2.10. The van der Waals surface area contributed by atoms with Crippen molar-refractivity contribution in [1.29, 1.82) is 0 Å². The molecule has 3 aromatic carbocycles. The second-order valence-corrected chi connectivity index (χ2v) is 5.70. The molecule has 0 aliphatic heterocycles. The molecule has 22 heavy (non-hydrogen) atoms. The van der Waals surface area contributed by atoms with E-state index in [4.69, 9.17) is 4.74 Å². The van der Waals surface area contributed by atoms with Crippen LogP contribution in [0.25, 0.3) is 21.5 Å². The Morgan fingerprint density at radius 2 is 1.55 bits per heavy atom. The topological polar surface area (TPSA) is 29.5 Å². The number of fused-ring (bicyclic) bond motifs is 2. The Balaban J connectivity index is 1.88. The van der Waals surface area contributed by atoms with Crippen LogP contribution < -0.4 is 0 Å². The number of hydrogen-bond donors (Lipinski definition) is 0. The second kappa shape index (κ2) is 6.16. The Kier molecular flexibility index (Phi) is 4.07. The van der Waals surface area contributed by atoms with Crippen LogP contribution in [0.3, 0.4) is 0 Å². The smallest absolute Gasteiger partial charge is 0.338 e. The highest BCUT2D eigenvalue weighted by Crippen LogP contribution is 2.24. The quantitative estimate of drug-likeness (QED) is 0.542. The van der Waals surface area contributed by atoms with E-state index in [1.807, 2.05) is 49.3 Å². The average molecular weight is 293 g/mol. The minimum absolute atomic E-state index is 0.267. The van der Waals surface area contributed by atoms with Gasteiger partial charge >= 0.3 is 5.97 Å². The van der Waals surface area contributed by atoms with Crippen molar-refractivity contribution in [3.05, 3.63) is 60.2 Å². The molecule has 0 unspecified atom stereocenters. The molecule has 0 saturated carbocycles. The number of esters is 1. The van der Waals surface area contributed by atoms with Crippen LogP contribution in [-0.2, 0) is 4.74 Å². The molecule has 3 aromatic rings. The maximum atomic E-state index is 12.1. The van der Waals surface area contributed by atoms with E-state index in [1.54, 1.807) is 0 Å². The number of rotatable bonds is 4. The molecular formula is C19H19NO2. The average Bonchev–Trinajstić information content (AvgIpc) is 2.51. The van der Waals surface area contributed by atoms with E-state index in [9.17, 15) is 4.79 Å². The number of nitrogens with zero attached hydrogens (tertiary/aromatic N) is 1. The monoisotopic (exact) mass is 293 g/mol. The number of benzene rings is 3. The normalized spacial score (nSPS) is 11.2. The molecule has 0 amide bonds. The first-order chi connectivity index (χ1) is 10.6. The van der Waals surface area contributed by atoms with Gasteiger partial charge in [-0.1, -0.05) is 30.3 Å². The SMILES string of the molecule is CN(C)CCOC(=O)c1ccc2cc3ccccc3cc2c1. The second-order valence-electron chi connectivity index (χ2n) is 5.70. The molecule has 0 aromatic heterocycles. The van der Waals surface area contributed by atoms with Crippen molar-refractivity contribution < 1.29 is 9.53 Å². The van der Waals surface area contributed by atoms with Gasteiger partial charge in [0.05, 0.1) is 5.56 Å². The number of carbonyl (C=O) groups excluding carboxylic acids is 1. The maximum absolute atomic E-state index is 12.1. The Morgan fingerprint density at radius 3 is 2.23 bits per heavy atom. The van der Waals surface area contributed by atoms with Crippen LogP contribution in [-0.4, -0.2) is 38.1 Å². The summed E-state index contributed by atoms with van der Waals surface area (Å²) in [5.41, 5.74) is 0.599. The molecule has 0 aliphatic rings. The fourth-order valence-corrected chi connectivity index (χ4v) is 2.47. The van der Waals surface area contributed by atoms with E-state index in [0.29, 0.717) is 12.2 Å². The van der Waals surface area contributed by atoms with Gasteiger partial charge in [0, 0.05) is 6.54 Å². The third kappa shape index (κ3) is 3.10. The summed E-state index contributed by atoms with van der Waals surface area (Å²) in [5, 5.41) is 4.56. The molecule has 3 rings (SSSR count). The van der Waals surface area contributed by atoms with E-state index >= 15 is 0 Å². The minimum atomic E-state index is -0.267. The van der Waals surface area contributed by atoms with Gasteiger partial charge in [0.1, 0.15) is 6.61 Å². The Morgan fingerprint density at radius 1 is 0.909 bits per heavy atom. The number of ether oxygens (including phenoxy) is 1. The lowest BCUT2D eigenvalue weighted by Crippen LogP contribution is -2.20. The molecule has 0 spiro atoms. The molecule has 0 atom stereocenters. The Labute approximate surface area is 130 Å². The van der Waals surface area contributed by atoms with E-state index in [-0.39, 0.29) is 5.97 Å². The van der Waals surface area contributed by atoms with Crippen LogP contribution in [0.1, 0.15) is 10.4 Å². The fraction of sp³-hybridized carbons (Fsp3) is 0.211. The molecule has 0 fully saturated rings. The molecule has 0 saturated heterocycles. The van der Waals surface area contributed by atoms with Crippen LogP contribution in [0.5, 0.6) is 0 Å². The van der Waals surface area contributed by atoms with Crippen molar-refractivity contribution >= 4 is 27.5 Å². The predicted octanol–water partition coefficient (Wildman–Crippen LogP) is 3.71. The van der Waals surface area contributed by atoms with E-state index in [0.717, 1.165) is 17.3 Å². The Bertz CT molecular complexity index is 824. The highest BCUT2D eigenvalue weighted by molar-refractivity contribution is 6.01. The molecule has 0 radical (unpaired) electrons. The fourth-order valence-electron chi connectivity index (χ4n) is 2.47. The van der Waals surface area contributed by atoms with Crippen LogP contribution >= 0.6 is 0 Å². The van der Waals surface area contributed by atoms with Gasteiger partial charge in [-0.2, -0.15) is 0 Å². The Hall–Kier alpha value is -2.39. The van der Waals surface area contributed by atoms with Crippen molar-refractivity contribution in [3.8, 4) is 0 Å². The van der Waals surface area contributed by atoms with Crippen molar-refractivity contribution in [3.63, 3.8) is 0 Å². The molecule has 3 nitrogen and oxygen atoms in total. The molecule has 0 aliphatic carbocycles. The van der Waals surface area contributed by atoms with Crippen LogP contribution in [0.15, 0.2) is 54.6 Å². The zero-order valence-corrected chi connectivity index (χ0v) is 12.9. The molecule has 112 valence electrons. The first-order valence-corrected chi connectivity index (χ1v) is 7.38. The number of carbonyl (C=O) groups is 1. The third-order valence-corrected chi connectivity index (χ3v) is 3.71. The molecule has 0 bridgehead atoms. The first-order valence-electron chi connectivity index (χ1n) is 7.38. The van der Waals surface area contributed by atoms with Crippen molar-refractivity contribution in [2.45, 2.75) is 0 Å². The van der Waals surface area contributed by atoms with Gasteiger partial charge in [-0.3, -0.25) is 0 Å². The van der Waals surface area contributed by atoms with E-state index in [2.05, 4.69) is 24.3 Å². The molecule has 0 N–H and O–H groups in total. The van der Waals surface area contributed by atoms with Crippen LogP contribution in [0, 0.1) is 0 Å². The summed E-state index contributed by atoms with van der Waals surface area (Å²) in [7, 11) is 3.91. The summed E-state index contributed by atoms with van der Waals surface area (Å²) in [6.45, 7) is 1.13. The first kappa shape index (κ1) is 14.5. The van der Waals surface area contributed by atoms with Gasteiger partial charge in [0.2, 0.25) is 0 Å². The highest BCUT2D eigenvalue weighted by atomic mass is 16.5. The zero-order chi connectivity index (χ0) is 15.5. The number of hydrogen-bond acceptors (Lipinski definition) is 3. The van der Waals surface area contributed by atoms with Crippen molar-refractivity contribution in [2.24, 2.45) is 0 Å². The minimum Gasteiger partial charge on any atom is -0.461 e. The summed E-state index contributed by atoms with van der Waals surface area (Å²) in [6.07, 6.45) is 0. The maximum Gasteiger partial charge on any atom is 0.338 e. The predicted molar refractivity (Wildman–Crippen MR) is 90.3 cm³/mol. The molecular weight excluding hydrogens is 274 g/mol.